The second kappa shape index (κ2) is 10.8. The Morgan fingerprint density at radius 2 is 2.00 bits per heavy atom. The Hall–Kier alpha value is -2.97. The standard InChI is InChI=1S/C24H25ClN4O3S/c1-3-13-29-23(17-9-11-18(25)12-10-17)26-27-24(29)33-16-22(30)28(4-2)14-19-15-31-20-7-5-6-8-21(20)32-19/h3,5-12,19H,1,4,13-16H2,2H3/t19-/m0/s1. The SMILES string of the molecule is C=CCn1c(SCC(=O)N(CC)C[C@H]2COc3ccccc3O2)nnc1-c1ccc(Cl)cc1. The molecule has 0 saturated heterocycles. The largest absolute Gasteiger partial charge is 0.486 e. The van der Waals surface area contributed by atoms with Crippen molar-refractivity contribution in [3.05, 3.63) is 66.2 Å². The first-order valence-electron chi connectivity index (χ1n) is 10.7. The lowest BCUT2D eigenvalue weighted by Gasteiger charge is -2.30. The Morgan fingerprint density at radius 1 is 1.24 bits per heavy atom. The molecule has 1 amide bonds. The van der Waals surface area contributed by atoms with Crippen molar-refractivity contribution in [1.29, 1.82) is 0 Å². The molecular weight excluding hydrogens is 460 g/mol. The van der Waals surface area contributed by atoms with E-state index in [-0.39, 0.29) is 17.8 Å². The molecule has 0 saturated carbocycles. The molecule has 1 aliphatic heterocycles. The summed E-state index contributed by atoms with van der Waals surface area (Å²) in [6, 6.07) is 15.0. The van der Waals surface area contributed by atoms with Crippen molar-refractivity contribution in [1.82, 2.24) is 19.7 Å². The quantitative estimate of drug-likeness (QED) is 0.327. The van der Waals surface area contributed by atoms with E-state index in [0.29, 0.717) is 48.0 Å². The zero-order valence-corrected chi connectivity index (χ0v) is 19.9. The van der Waals surface area contributed by atoms with Gasteiger partial charge < -0.3 is 14.4 Å². The van der Waals surface area contributed by atoms with Crippen LogP contribution in [-0.4, -0.2) is 57.1 Å². The summed E-state index contributed by atoms with van der Waals surface area (Å²) in [5, 5.41) is 9.96. The van der Waals surface area contributed by atoms with Crippen LogP contribution in [0.2, 0.25) is 5.02 Å². The monoisotopic (exact) mass is 484 g/mol. The number of para-hydroxylation sites is 2. The number of ether oxygens (including phenoxy) is 2. The normalized spacial score (nSPS) is 14.7. The van der Waals surface area contributed by atoms with E-state index in [1.807, 2.05) is 60.0 Å². The molecule has 0 spiro atoms. The molecular formula is C24H25ClN4O3S. The molecule has 3 aromatic rings. The number of nitrogens with zero attached hydrogens (tertiary/aromatic N) is 4. The molecule has 2 aromatic carbocycles. The van der Waals surface area contributed by atoms with Crippen LogP contribution in [0.15, 0.2) is 66.3 Å². The molecule has 0 fully saturated rings. The predicted molar refractivity (Wildman–Crippen MR) is 130 cm³/mol. The summed E-state index contributed by atoms with van der Waals surface area (Å²) in [6.07, 6.45) is 1.57. The van der Waals surface area contributed by atoms with Crippen LogP contribution >= 0.6 is 23.4 Å². The topological polar surface area (TPSA) is 69.5 Å². The molecule has 172 valence electrons. The van der Waals surface area contributed by atoms with E-state index in [0.717, 1.165) is 11.3 Å². The van der Waals surface area contributed by atoms with Gasteiger partial charge >= 0.3 is 0 Å². The van der Waals surface area contributed by atoms with Gasteiger partial charge in [-0.05, 0) is 43.3 Å². The van der Waals surface area contributed by atoms with Crippen molar-refractivity contribution in [3.8, 4) is 22.9 Å². The van der Waals surface area contributed by atoms with E-state index in [2.05, 4.69) is 16.8 Å². The number of thioether (sulfide) groups is 1. The van der Waals surface area contributed by atoms with Crippen molar-refractivity contribution >= 4 is 29.3 Å². The van der Waals surface area contributed by atoms with Crippen LogP contribution in [0.4, 0.5) is 0 Å². The Morgan fingerprint density at radius 3 is 2.73 bits per heavy atom. The number of amides is 1. The number of carbonyl (C=O) groups is 1. The molecule has 7 nitrogen and oxygen atoms in total. The molecule has 0 radical (unpaired) electrons. The van der Waals surface area contributed by atoms with Gasteiger partial charge in [-0.2, -0.15) is 0 Å². The van der Waals surface area contributed by atoms with Gasteiger partial charge in [0.15, 0.2) is 28.6 Å². The summed E-state index contributed by atoms with van der Waals surface area (Å²) in [5.74, 6) is 2.40. The zero-order chi connectivity index (χ0) is 23.2. The lowest BCUT2D eigenvalue weighted by atomic mass is 10.2. The maximum absolute atomic E-state index is 13.0. The molecule has 9 heteroatoms. The Labute approximate surface area is 202 Å². The first-order valence-corrected chi connectivity index (χ1v) is 12.0. The highest BCUT2D eigenvalue weighted by Gasteiger charge is 2.25. The number of aromatic nitrogens is 3. The summed E-state index contributed by atoms with van der Waals surface area (Å²) in [5.41, 5.74) is 0.900. The summed E-state index contributed by atoms with van der Waals surface area (Å²) in [4.78, 5) is 14.7. The molecule has 2 heterocycles. The number of fused-ring (bicyclic) bond motifs is 1. The summed E-state index contributed by atoms with van der Waals surface area (Å²) in [7, 11) is 0. The number of allylic oxidation sites excluding steroid dienone is 1. The minimum Gasteiger partial charge on any atom is -0.486 e. The lowest BCUT2D eigenvalue weighted by molar-refractivity contribution is -0.129. The van der Waals surface area contributed by atoms with Gasteiger partial charge in [-0.25, -0.2) is 0 Å². The first-order chi connectivity index (χ1) is 16.1. The van der Waals surface area contributed by atoms with Crippen LogP contribution < -0.4 is 9.47 Å². The van der Waals surface area contributed by atoms with Crippen molar-refractivity contribution in [2.75, 3.05) is 25.4 Å². The third-order valence-electron chi connectivity index (χ3n) is 5.18. The van der Waals surface area contributed by atoms with Gasteiger partial charge in [-0.3, -0.25) is 9.36 Å². The molecule has 1 aromatic heterocycles. The Bertz CT molecular complexity index is 1120. The fourth-order valence-corrected chi connectivity index (χ4v) is 4.50. The first kappa shape index (κ1) is 23.2. The van der Waals surface area contributed by atoms with Gasteiger partial charge in [0.2, 0.25) is 5.91 Å². The summed E-state index contributed by atoms with van der Waals surface area (Å²) < 4.78 is 13.7. The van der Waals surface area contributed by atoms with Gasteiger partial charge in [-0.15, -0.1) is 16.8 Å². The number of likely N-dealkylation sites (N-methyl/N-ethyl adjacent to an activating group) is 1. The maximum atomic E-state index is 13.0. The van der Waals surface area contributed by atoms with E-state index in [1.54, 1.807) is 11.0 Å². The van der Waals surface area contributed by atoms with E-state index in [1.165, 1.54) is 11.8 Å². The van der Waals surface area contributed by atoms with E-state index < -0.39 is 0 Å². The third-order valence-corrected chi connectivity index (χ3v) is 6.39. The van der Waals surface area contributed by atoms with Crippen molar-refractivity contribution in [3.63, 3.8) is 0 Å². The molecule has 4 rings (SSSR count). The maximum Gasteiger partial charge on any atom is 0.233 e. The fourth-order valence-electron chi connectivity index (χ4n) is 3.53. The molecule has 0 N–H and O–H groups in total. The number of rotatable bonds is 9. The van der Waals surface area contributed by atoms with E-state index in [9.17, 15) is 4.79 Å². The van der Waals surface area contributed by atoms with E-state index >= 15 is 0 Å². The predicted octanol–water partition coefficient (Wildman–Crippen LogP) is 4.57. The van der Waals surface area contributed by atoms with Crippen molar-refractivity contribution in [2.24, 2.45) is 0 Å². The molecule has 0 bridgehead atoms. The average molecular weight is 485 g/mol. The van der Waals surface area contributed by atoms with Crippen LogP contribution in [-0.2, 0) is 11.3 Å². The third kappa shape index (κ3) is 5.51. The highest BCUT2D eigenvalue weighted by Crippen LogP contribution is 2.31. The number of benzene rings is 2. The van der Waals surface area contributed by atoms with Gasteiger partial charge in [0.25, 0.3) is 0 Å². The van der Waals surface area contributed by atoms with Gasteiger partial charge in [-0.1, -0.05) is 41.6 Å². The Kier molecular flexibility index (Phi) is 7.57. The van der Waals surface area contributed by atoms with Crippen molar-refractivity contribution in [2.45, 2.75) is 24.7 Å². The van der Waals surface area contributed by atoms with Crippen LogP contribution in [0, 0.1) is 0 Å². The fraction of sp³-hybridized carbons (Fsp3) is 0.292. The van der Waals surface area contributed by atoms with Crippen LogP contribution in [0.1, 0.15) is 6.92 Å². The average Bonchev–Trinajstić information content (AvgIpc) is 3.24. The van der Waals surface area contributed by atoms with E-state index in [4.69, 9.17) is 21.1 Å². The molecule has 1 aliphatic rings. The molecule has 1 atom stereocenters. The number of carbonyl (C=O) groups excluding carboxylic acids is 1. The van der Waals surface area contributed by atoms with Crippen LogP contribution in [0.3, 0.4) is 0 Å². The zero-order valence-electron chi connectivity index (χ0n) is 18.3. The molecule has 0 aliphatic carbocycles. The highest BCUT2D eigenvalue weighted by atomic mass is 35.5. The highest BCUT2D eigenvalue weighted by molar-refractivity contribution is 7.99. The lowest BCUT2D eigenvalue weighted by Crippen LogP contribution is -2.44. The summed E-state index contributed by atoms with van der Waals surface area (Å²) in [6.45, 7) is 7.77. The number of hydrogen-bond donors (Lipinski definition) is 0. The minimum absolute atomic E-state index is 0.00570. The van der Waals surface area contributed by atoms with Gasteiger partial charge in [0.05, 0.1) is 12.3 Å². The second-order valence-electron chi connectivity index (χ2n) is 7.43. The number of halogens is 1. The summed E-state index contributed by atoms with van der Waals surface area (Å²) >= 11 is 7.37. The smallest absolute Gasteiger partial charge is 0.233 e. The number of hydrogen-bond acceptors (Lipinski definition) is 6. The van der Waals surface area contributed by atoms with Gasteiger partial charge in [0.1, 0.15) is 6.61 Å². The molecule has 0 unspecified atom stereocenters. The van der Waals surface area contributed by atoms with Gasteiger partial charge in [0, 0.05) is 23.7 Å². The van der Waals surface area contributed by atoms with Crippen LogP contribution in [0.5, 0.6) is 11.5 Å². The van der Waals surface area contributed by atoms with Crippen molar-refractivity contribution < 1.29 is 14.3 Å². The second-order valence-corrected chi connectivity index (χ2v) is 8.81. The van der Waals surface area contributed by atoms with Crippen LogP contribution in [0.25, 0.3) is 11.4 Å². The minimum atomic E-state index is -0.213. The Balaban J connectivity index is 1.40. The molecule has 33 heavy (non-hydrogen) atoms.